The lowest BCUT2D eigenvalue weighted by molar-refractivity contribution is 0.0927. The standard InChI is InChI=1S/C21H26N2O2/c1-16-14-17(8-9-19(16)24)20(25)22-15-21(10-12-23(2)13-11-21)18-6-4-3-5-7-18/h3-9,14,24H,10-13,15H2,1-2H3,(H,22,25). The molecule has 0 atom stereocenters. The quantitative estimate of drug-likeness (QED) is 0.901. The van der Waals surface area contributed by atoms with Gasteiger partial charge in [0, 0.05) is 17.5 Å². The Morgan fingerprint density at radius 2 is 1.84 bits per heavy atom. The Bertz CT molecular complexity index is 735. The van der Waals surface area contributed by atoms with Crippen LogP contribution in [0.15, 0.2) is 48.5 Å². The Morgan fingerprint density at radius 3 is 2.48 bits per heavy atom. The molecule has 4 heteroatoms. The molecule has 1 amide bonds. The maximum Gasteiger partial charge on any atom is 0.251 e. The summed E-state index contributed by atoms with van der Waals surface area (Å²) in [5.41, 5.74) is 2.58. The molecule has 2 N–H and O–H groups in total. The van der Waals surface area contributed by atoms with Crippen LogP contribution in [0.1, 0.15) is 34.3 Å². The molecule has 0 radical (unpaired) electrons. The smallest absolute Gasteiger partial charge is 0.251 e. The lowest BCUT2D eigenvalue weighted by Crippen LogP contribution is -2.48. The average molecular weight is 338 g/mol. The number of piperidine rings is 1. The number of phenols is 1. The topological polar surface area (TPSA) is 52.6 Å². The fourth-order valence-corrected chi connectivity index (χ4v) is 3.55. The van der Waals surface area contributed by atoms with Crippen molar-refractivity contribution in [2.45, 2.75) is 25.2 Å². The predicted octanol–water partition coefficient (Wildman–Crippen LogP) is 3.09. The predicted molar refractivity (Wildman–Crippen MR) is 100 cm³/mol. The molecule has 1 heterocycles. The van der Waals surface area contributed by atoms with Crippen molar-refractivity contribution in [1.29, 1.82) is 0 Å². The third-order valence-electron chi connectivity index (χ3n) is 5.38. The van der Waals surface area contributed by atoms with Crippen molar-refractivity contribution in [2.75, 3.05) is 26.7 Å². The van der Waals surface area contributed by atoms with Crippen molar-refractivity contribution < 1.29 is 9.90 Å². The molecule has 1 saturated heterocycles. The lowest BCUT2D eigenvalue weighted by Gasteiger charge is -2.41. The largest absolute Gasteiger partial charge is 0.508 e. The number of carbonyl (C=O) groups excluding carboxylic acids is 1. The highest BCUT2D eigenvalue weighted by molar-refractivity contribution is 5.94. The van der Waals surface area contributed by atoms with Gasteiger partial charge in [0.15, 0.2) is 0 Å². The molecule has 3 rings (SSSR count). The highest BCUT2D eigenvalue weighted by Crippen LogP contribution is 2.34. The number of aryl methyl sites for hydroxylation is 1. The molecule has 0 spiro atoms. The normalized spacial score (nSPS) is 17.2. The number of aromatic hydroxyl groups is 1. The van der Waals surface area contributed by atoms with Crippen LogP contribution >= 0.6 is 0 Å². The molecular formula is C21H26N2O2. The van der Waals surface area contributed by atoms with Crippen LogP contribution < -0.4 is 5.32 Å². The fourth-order valence-electron chi connectivity index (χ4n) is 3.55. The van der Waals surface area contributed by atoms with Crippen LogP contribution in [0.3, 0.4) is 0 Å². The highest BCUT2D eigenvalue weighted by Gasteiger charge is 2.35. The van der Waals surface area contributed by atoms with Crippen LogP contribution in [0.2, 0.25) is 0 Å². The molecule has 0 unspecified atom stereocenters. The van der Waals surface area contributed by atoms with Gasteiger partial charge in [0.05, 0.1) is 0 Å². The molecule has 2 aromatic carbocycles. The summed E-state index contributed by atoms with van der Waals surface area (Å²) in [6.45, 7) is 4.49. The van der Waals surface area contributed by atoms with Gasteiger partial charge in [-0.15, -0.1) is 0 Å². The number of nitrogens with zero attached hydrogens (tertiary/aromatic N) is 1. The van der Waals surface area contributed by atoms with E-state index < -0.39 is 0 Å². The van der Waals surface area contributed by atoms with Gasteiger partial charge in [0.25, 0.3) is 5.91 Å². The molecule has 25 heavy (non-hydrogen) atoms. The molecule has 2 aromatic rings. The molecule has 132 valence electrons. The molecule has 0 bridgehead atoms. The van der Waals surface area contributed by atoms with Crippen LogP contribution in [0.25, 0.3) is 0 Å². The third kappa shape index (κ3) is 3.85. The second-order valence-corrected chi connectivity index (χ2v) is 7.13. The number of amides is 1. The van der Waals surface area contributed by atoms with Crippen molar-refractivity contribution in [3.8, 4) is 5.75 Å². The number of likely N-dealkylation sites (tertiary alicyclic amines) is 1. The van der Waals surface area contributed by atoms with E-state index in [1.54, 1.807) is 25.1 Å². The van der Waals surface area contributed by atoms with Gasteiger partial charge in [-0.3, -0.25) is 4.79 Å². The van der Waals surface area contributed by atoms with Gasteiger partial charge in [-0.1, -0.05) is 30.3 Å². The first-order valence-electron chi connectivity index (χ1n) is 8.82. The minimum Gasteiger partial charge on any atom is -0.508 e. The van der Waals surface area contributed by atoms with E-state index in [0.717, 1.165) is 25.9 Å². The lowest BCUT2D eigenvalue weighted by atomic mass is 9.72. The molecule has 0 aromatic heterocycles. The van der Waals surface area contributed by atoms with E-state index in [-0.39, 0.29) is 17.1 Å². The van der Waals surface area contributed by atoms with E-state index in [2.05, 4.69) is 41.5 Å². The summed E-state index contributed by atoms with van der Waals surface area (Å²) in [5.74, 6) is 0.130. The number of carbonyl (C=O) groups is 1. The third-order valence-corrected chi connectivity index (χ3v) is 5.38. The van der Waals surface area contributed by atoms with Crippen LogP contribution in [-0.2, 0) is 5.41 Å². The average Bonchev–Trinajstić information content (AvgIpc) is 2.64. The number of hydrogen-bond acceptors (Lipinski definition) is 3. The van der Waals surface area contributed by atoms with Gasteiger partial charge in [-0.2, -0.15) is 0 Å². The Labute approximate surface area is 149 Å². The zero-order valence-corrected chi connectivity index (χ0v) is 15.0. The fraction of sp³-hybridized carbons (Fsp3) is 0.381. The summed E-state index contributed by atoms with van der Waals surface area (Å²) in [5, 5.41) is 12.8. The highest BCUT2D eigenvalue weighted by atomic mass is 16.3. The summed E-state index contributed by atoms with van der Waals surface area (Å²) in [4.78, 5) is 14.9. The van der Waals surface area contributed by atoms with E-state index in [4.69, 9.17) is 0 Å². The molecule has 1 fully saturated rings. The van der Waals surface area contributed by atoms with Crippen molar-refractivity contribution in [2.24, 2.45) is 0 Å². The van der Waals surface area contributed by atoms with Crippen molar-refractivity contribution in [1.82, 2.24) is 10.2 Å². The zero-order valence-electron chi connectivity index (χ0n) is 15.0. The number of hydrogen-bond donors (Lipinski definition) is 2. The second-order valence-electron chi connectivity index (χ2n) is 7.13. The molecular weight excluding hydrogens is 312 g/mol. The zero-order chi connectivity index (χ0) is 17.9. The molecule has 1 aliphatic heterocycles. The first kappa shape index (κ1) is 17.5. The van der Waals surface area contributed by atoms with Crippen molar-refractivity contribution in [3.63, 3.8) is 0 Å². The summed E-state index contributed by atoms with van der Waals surface area (Å²) in [6, 6.07) is 15.5. The Balaban J connectivity index is 1.77. The minimum absolute atomic E-state index is 0.0185. The maximum atomic E-state index is 12.6. The number of rotatable bonds is 4. The van der Waals surface area contributed by atoms with Gasteiger partial charge < -0.3 is 15.3 Å². The monoisotopic (exact) mass is 338 g/mol. The Hall–Kier alpha value is -2.33. The van der Waals surface area contributed by atoms with Gasteiger partial charge >= 0.3 is 0 Å². The van der Waals surface area contributed by atoms with Crippen LogP contribution in [0.5, 0.6) is 5.75 Å². The van der Waals surface area contributed by atoms with E-state index in [0.29, 0.717) is 17.7 Å². The van der Waals surface area contributed by atoms with Crippen LogP contribution in [0.4, 0.5) is 0 Å². The van der Waals surface area contributed by atoms with E-state index in [1.807, 2.05) is 6.07 Å². The summed E-state index contributed by atoms with van der Waals surface area (Å²) in [7, 11) is 2.15. The summed E-state index contributed by atoms with van der Waals surface area (Å²) in [6.07, 6.45) is 2.06. The van der Waals surface area contributed by atoms with E-state index >= 15 is 0 Å². The minimum atomic E-state index is -0.0858. The van der Waals surface area contributed by atoms with Crippen LogP contribution in [0, 0.1) is 6.92 Å². The first-order chi connectivity index (χ1) is 12.0. The van der Waals surface area contributed by atoms with Crippen molar-refractivity contribution >= 4 is 5.91 Å². The number of benzene rings is 2. The van der Waals surface area contributed by atoms with Gasteiger partial charge in [-0.05, 0) is 69.2 Å². The number of nitrogens with one attached hydrogen (secondary N) is 1. The van der Waals surface area contributed by atoms with Gasteiger partial charge in [0.2, 0.25) is 0 Å². The molecule has 4 nitrogen and oxygen atoms in total. The van der Waals surface area contributed by atoms with Gasteiger partial charge in [0.1, 0.15) is 5.75 Å². The number of phenolic OH excluding ortho intramolecular Hbond substituents is 1. The SMILES string of the molecule is Cc1cc(C(=O)NCC2(c3ccccc3)CCN(C)CC2)ccc1O. The Kier molecular flexibility index (Phi) is 5.09. The first-order valence-corrected chi connectivity index (χ1v) is 8.82. The van der Waals surface area contributed by atoms with E-state index in [1.165, 1.54) is 5.56 Å². The van der Waals surface area contributed by atoms with Gasteiger partial charge in [-0.25, -0.2) is 0 Å². The Morgan fingerprint density at radius 1 is 1.16 bits per heavy atom. The summed E-state index contributed by atoms with van der Waals surface area (Å²) < 4.78 is 0. The summed E-state index contributed by atoms with van der Waals surface area (Å²) >= 11 is 0. The molecule has 0 aliphatic carbocycles. The van der Waals surface area contributed by atoms with Crippen LogP contribution in [-0.4, -0.2) is 42.6 Å². The second kappa shape index (κ2) is 7.28. The van der Waals surface area contributed by atoms with E-state index in [9.17, 15) is 9.90 Å². The molecule has 1 aliphatic rings. The van der Waals surface area contributed by atoms with Crippen molar-refractivity contribution in [3.05, 3.63) is 65.2 Å². The maximum absolute atomic E-state index is 12.6. The molecule has 0 saturated carbocycles.